The largest absolute Gasteiger partial charge is 0.494 e. The van der Waals surface area contributed by atoms with Gasteiger partial charge in [-0.3, -0.25) is 4.79 Å². The summed E-state index contributed by atoms with van der Waals surface area (Å²) in [6.07, 6.45) is 2.99. The van der Waals surface area contributed by atoms with Gasteiger partial charge in [0.2, 0.25) is 17.6 Å². The van der Waals surface area contributed by atoms with Gasteiger partial charge in [0.15, 0.2) is 0 Å². The molecular weight excluding hydrogens is 366 g/mol. The van der Waals surface area contributed by atoms with E-state index in [0.29, 0.717) is 37.7 Å². The molecule has 0 spiro atoms. The van der Waals surface area contributed by atoms with E-state index in [4.69, 9.17) is 9.26 Å². The standard InChI is InChI=1S/C23H25N3O3/c1-2-28-19-10-8-17(9-11-19)22-25-21(29-26-22)13-12-20(27)24-16-23(14-15-23)18-6-4-3-5-7-18/h3-11H,2,12-16H2,1H3,(H,24,27). The van der Waals surface area contributed by atoms with E-state index in [0.717, 1.165) is 24.2 Å². The van der Waals surface area contributed by atoms with E-state index in [1.165, 1.54) is 5.56 Å². The highest BCUT2D eigenvalue weighted by Gasteiger charge is 2.44. The SMILES string of the molecule is CCOc1ccc(-c2noc(CCC(=O)NCC3(c4ccccc4)CC3)n2)cc1. The zero-order valence-corrected chi connectivity index (χ0v) is 16.6. The third-order valence-corrected chi connectivity index (χ3v) is 5.32. The number of amides is 1. The highest BCUT2D eigenvalue weighted by Crippen LogP contribution is 2.47. The molecule has 1 N–H and O–H groups in total. The minimum Gasteiger partial charge on any atom is -0.494 e. The van der Waals surface area contributed by atoms with Crippen LogP contribution in [-0.2, 0) is 16.6 Å². The predicted molar refractivity (Wildman–Crippen MR) is 110 cm³/mol. The van der Waals surface area contributed by atoms with Crippen molar-refractivity contribution in [3.8, 4) is 17.1 Å². The molecule has 0 unspecified atom stereocenters. The fourth-order valence-electron chi connectivity index (χ4n) is 3.43. The van der Waals surface area contributed by atoms with Gasteiger partial charge in [0.25, 0.3) is 0 Å². The quantitative estimate of drug-likeness (QED) is 0.598. The normalized spacial score (nSPS) is 14.4. The molecule has 1 aromatic heterocycles. The molecule has 0 aliphatic heterocycles. The Morgan fingerprint density at radius 3 is 2.59 bits per heavy atom. The molecule has 6 heteroatoms. The summed E-state index contributed by atoms with van der Waals surface area (Å²) in [6.45, 7) is 3.25. The van der Waals surface area contributed by atoms with Gasteiger partial charge >= 0.3 is 0 Å². The first-order valence-electron chi connectivity index (χ1n) is 10.1. The van der Waals surface area contributed by atoms with Crippen molar-refractivity contribution in [2.45, 2.75) is 38.0 Å². The van der Waals surface area contributed by atoms with E-state index in [1.54, 1.807) is 0 Å². The highest BCUT2D eigenvalue weighted by atomic mass is 16.5. The van der Waals surface area contributed by atoms with Crippen LogP contribution in [0.1, 0.15) is 37.6 Å². The van der Waals surface area contributed by atoms with Crippen molar-refractivity contribution in [2.75, 3.05) is 13.2 Å². The van der Waals surface area contributed by atoms with Gasteiger partial charge in [0.05, 0.1) is 6.61 Å². The number of carbonyl (C=O) groups is 1. The zero-order valence-electron chi connectivity index (χ0n) is 16.6. The molecule has 4 rings (SSSR count). The molecule has 1 heterocycles. The number of aryl methyl sites for hydroxylation is 1. The molecule has 2 aromatic carbocycles. The molecule has 1 aliphatic rings. The Labute approximate surface area is 170 Å². The Kier molecular flexibility index (Phi) is 5.60. The van der Waals surface area contributed by atoms with Gasteiger partial charge in [0.1, 0.15) is 5.75 Å². The van der Waals surface area contributed by atoms with E-state index in [-0.39, 0.29) is 11.3 Å². The van der Waals surface area contributed by atoms with E-state index < -0.39 is 0 Å². The minimum atomic E-state index is 0.00743. The maximum absolute atomic E-state index is 12.3. The Hall–Kier alpha value is -3.15. The topological polar surface area (TPSA) is 77.2 Å². The van der Waals surface area contributed by atoms with Crippen LogP contribution < -0.4 is 10.1 Å². The van der Waals surface area contributed by atoms with Crippen molar-refractivity contribution in [3.63, 3.8) is 0 Å². The smallest absolute Gasteiger partial charge is 0.227 e. The van der Waals surface area contributed by atoms with Crippen LogP contribution in [0.15, 0.2) is 59.1 Å². The van der Waals surface area contributed by atoms with Crippen LogP contribution in [0.5, 0.6) is 5.75 Å². The second kappa shape index (κ2) is 8.47. The number of nitrogens with one attached hydrogen (secondary N) is 1. The summed E-state index contributed by atoms with van der Waals surface area (Å²) in [7, 11) is 0. The van der Waals surface area contributed by atoms with Crippen LogP contribution in [0, 0.1) is 0 Å². The van der Waals surface area contributed by atoms with Crippen LogP contribution in [0.3, 0.4) is 0 Å². The molecular formula is C23H25N3O3. The summed E-state index contributed by atoms with van der Waals surface area (Å²) in [5.74, 6) is 1.80. The fourth-order valence-corrected chi connectivity index (χ4v) is 3.43. The maximum Gasteiger partial charge on any atom is 0.227 e. The average molecular weight is 391 g/mol. The summed E-state index contributed by atoms with van der Waals surface area (Å²) >= 11 is 0. The van der Waals surface area contributed by atoms with E-state index >= 15 is 0 Å². The monoisotopic (exact) mass is 391 g/mol. The molecule has 0 bridgehead atoms. The summed E-state index contributed by atoms with van der Waals surface area (Å²) in [4.78, 5) is 16.7. The Balaban J connectivity index is 1.27. The Morgan fingerprint density at radius 2 is 1.90 bits per heavy atom. The van der Waals surface area contributed by atoms with Gasteiger partial charge < -0.3 is 14.6 Å². The summed E-state index contributed by atoms with van der Waals surface area (Å²) in [6, 6.07) is 17.9. The Morgan fingerprint density at radius 1 is 1.14 bits per heavy atom. The molecule has 1 saturated carbocycles. The van der Waals surface area contributed by atoms with Crippen molar-refractivity contribution >= 4 is 5.91 Å². The van der Waals surface area contributed by atoms with Gasteiger partial charge in [-0.25, -0.2) is 0 Å². The van der Waals surface area contributed by atoms with Crippen LogP contribution in [0.4, 0.5) is 0 Å². The van der Waals surface area contributed by atoms with Crippen LogP contribution in [0.2, 0.25) is 0 Å². The lowest BCUT2D eigenvalue weighted by atomic mass is 9.96. The van der Waals surface area contributed by atoms with Crippen LogP contribution in [-0.4, -0.2) is 29.2 Å². The first-order valence-corrected chi connectivity index (χ1v) is 10.1. The number of hydrogen-bond donors (Lipinski definition) is 1. The molecule has 1 amide bonds. The lowest BCUT2D eigenvalue weighted by Crippen LogP contribution is -2.32. The highest BCUT2D eigenvalue weighted by molar-refractivity contribution is 5.76. The number of hydrogen-bond acceptors (Lipinski definition) is 5. The number of benzene rings is 2. The molecule has 29 heavy (non-hydrogen) atoms. The van der Waals surface area contributed by atoms with Crippen molar-refractivity contribution in [3.05, 3.63) is 66.1 Å². The zero-order chi connectivity index (χ0) is 20.1. The first-order chi connectivity index (χ1) is 14.2. The number of carbonyl (C=O) groups excluding carboxylic acids is 1. The third kappa shape index (κ3) is 4.65. The van der Waals surface area contributed by atoms with Crippen molar-refractivity contribution in [1.29, 1.82) is 0 Å². The predicted octanol–water partition coefficient (Wildman–Crippen LogP) is 3.92. The third-order valence-electron chi connectivity index (χ3n) is 5.32. The van der Waals surface area contributed by atoms with Gasteiger partial charge in [-0.2, -0.15) is 4.98 Å². The summed E-state index contributed by atoms with van der Waals surface area (Å²) in [5, 5.41) is 7.08. The maximum atomic E-state index is 12.3. The summed E-state index contributed by atoms with van der Waals surface area (Å²) < 4.78 is 10.7. The second-order valence-corrected chi connectivity index (χ2v) is 7.39. The van der Waals surface area contributed by atoms with Crippen molar-refractivity contribution < 1.29 is 14.1 Å². The van der Waals surface area contributed by atoms with Crippen molar-refractivity contribution in [2.24, 2.45) is 0 Å². The fraction of sp³-hybridized carbons (Fsp3) is 0.348. The van der Waals surface area contributed by atoms with E-state index in [2.05, 4.69) is 39.7 Å². The van der Waals surface area contributed by atoms with Gasteiger partial charge in [-0.05, 0) is 49.6 Å². The number of rotatable bonds is 9. The molecule has 1 aliphatic carbocycles. The van der Waals surface area contributed by atoms with E-state index in [9.17, 15) is 4.79 Å². The number of ether oxygens (including phenoxy) is 1. The van der Waals surface area contributed by atoms with Crippen LogP contribution in [0.25, 0.3) is 11.4 Å². The molecule has 0 radical (unpaired) electrons. The molecule has 0 atom stereocenters. The van der Waals surface area contributed by atoms with Gasteiger partial charge in [-0.1, -0.05) is 35.5 Å². The summed E-state index contributed by atoms with van der Waals surface area (Å²) in [5.41, 5.74) is 2.27. The van der Waals surface area contributed by atoms with Gasteiger partial charge in [-0.15, -0.1) is 0 Å². The lowest BCUT2D eigenvalue weighted by Gasteiger charge is -2.16. The molecule has 0 saturated heterocycles. The molecule has 1 fully saturated rings. The number of aromatic nitrogens is 2. The lowest BCUT2D eigenvalue weighted by molar-refractivity contribution is -0.121. The first kappa shape index (κ1) is 19.2. The molecule has 6 nitrogen and oxygen atoms in total. The van der Waals surface area contributed by atoms with Gasteiger partial charge in [0, 0.05) is 30.4 Å². The molecule has 150 valence electrons. The Bertz CT molecular complexity index is 947. The second-order valence-electron chi connectivity index (χ2n) is 7.39. The van der Waals surface area contributed by atoms with Crippen molar-refractivity contribution in [1.82, 2.24) is 15.5 Å². The average Bonchev–Trinajstić information content (AvgIpc) is 3.41. The van der Waals surface area contributed by atoms with E-state index in [1.807, 2.05) is 37.3 Å². The molecule has 3 aromatic rings. The number of nitrogens with zero attached hydrogens (tertiary/aromatic N) is 2. The van der Waals surface area contributed by atoms with Crippen LogP contribution >= 0.6 is 0 Å². The minimum absolute atomic E-state index is 0.00743.